The Morgan fingerprint density at radius 1 is 1.16 bits per heavy atom. The Morgan fingerprint density at radius 3 is 2.53 bits per heavy atom. The largest absolute Gasteiger partial charge is 0.271 e. The molecule has 2 aromatic rings. The molecule has 0 saturated heterocycles. The lowest BCUT2D eigenvalue weighted by Crippen LogP contribution is -2.28. The zero-order chi connectivity index (χ0) is 13.8. The molecule has 3 heteroatoms. The summed E-state index contributed by atoms with van der Waals surface area (Å²) in [6.07, 6.45) is 2.02. The van der Waals surface area contributed by atoms with Crippen molar-refractivity contribution in [2.45, 2.75) is 39.7 Å². The molecule has 0 amide bonds. The Hall–Kier alpha value is -1.16. The molecule has 1 unspecified atom stereocenters. The minimum atomic E-state index is 0.201. The van der Waals surface area contributed by atoms with Crippen LogP contribution in [0, 0.1) is 13.8 Å². The van der Waals surface area contributed by atoms with Gasteiger partial charge in [-0.3, -0.25) is 11.3 Å². The van der Waals surface area contributed by atoms with E-state index in [1.165, 1.54) is 26.4 Å². The number of hydrazine groups is 1. The highest BCUT2D eigenvalue weighted by Crippen LogP contribution is 2.26. The van der Waals surface area contributed by atoms with E-state index in [0.717, 1.165) is 12.8 Å². The quantitative estimate of drug-likeness (QED) is 0.645. The molecule has 0 radical (unpaired) electrons. The molecule has 2 nitrogen and oxygen atoms in total. The van der Waals surface area contributed by atoms with Crippen molar-refractivity contribution in [1.82, 2.24) is 5.43 Å². The SMILES string of the molecule is CCc1ccc(C(Cc2ccc(C)c(C)c2)NN)s1. The fraction of sp³-hybridized carbons (Fsp3) is 0.375. The van der Waals surface area contributed by atoms with Gasteiger partial charge in [-0.1, -0.05) is 25.1 Å². The lowest BCUT2D eigenvalue weighted by atomic mass is 10.0. The summed E-state index contributed by atoms with van der Waals surface area (Å²) in [6.45, 7) is 6.48. The first-order chi connectivity index (χ1) is 9.13. The Morgan fingerprint density at radius 2 is 1.95 bits per heavy atom. The van der Waals surface area contributed by atoms with E-state index in [2.05, 4.69) is 56.5 Å². The Kier molecular flexibility index (Phi) is 4.75. The van der Waals surface area contributed by atoms with Crippen LogP contribution in [0.1, 0.15) is 39.4 Å². The summed E-state index contributed by atoms with van der Waals surface area (Å²) >= 11 is 1.85. The second-order valence-corrected chi connectivity index (χ2v) is 6.20. The number of nitrogens with two attached hydrogens (primary N) is 1. The summed E-state index contributed by atoms with van der Waals surface area (Å²) in [7, 11) is 0. The molecule has 0 fully saturated rings. The first-order valence-corrected chi connectivity index (χ1v) is 7.56. The number of benzene rings is 1. The number of hydrogen-bond donors (Lipinski definition) is 2. The van der Waals surface area contributed by atoms with E-state index >= 15 is 0 Å². The number of nitrogens with one attached hydrogen (secondary N) is 1. The summed E-state index contributed by atoms with van der Waals surface area (Å²) in [4.78, 5) is 2.73. The minimum Gasteiger partial charge on any atom is -0.271 e. The van der Waals surface area contributed by atoms with Gasteiger partial charge in [0.15, 0.2) is 0 Å². The molecule has 1 aromatic carbocycles. The van der Waals surface area contributed by atoms with Gasteiger partial charge >= 0.3 is 0 Å². The molecule has 0 aliphatic heterocycles. The van der Waals surface area contributed by atoms with E-state index in [4.69, 9.17) is 5.84 Å². The maximum absolute atomic E-state index is 5.73. The van der Waals surface area contributed by atoms with Crippen LogP contribution in [0.15, 0.2) is 30.3 Å². The van der Waals surface area contributed by atoms with Crippen molar-refractivity contribution < 1.29 is 0 Å². The summed E-state index contributed by atoms with van der Waals surface area (Å²) in [5, 5.41) is 0. The first-order valence-electron chi connectivity index (χ1n) is 6.75. The van der Waals surface area contributed by atoms with Crippen molar-refractivity contribution in [1.29, 1.82) is 0 Å². The van der Waals surface area contributed by atoms with Gasteiger partial charge in [-0.2, -0.15) is 0 Å². The van der Waals surface area contributed by atoms with Crippen molar-refractivity contribution in [3.8, 4) is 0 Å². The monoisotopic (exact) mass is 274 g/mol. The molecule has 19 heavy (non-hydrogen) atoms. The van der Waals surface area contributed by atoms with Gasteiger partial charge in [0, 0.05) is 9.75 Å². The lowest BCUT2D eigenvalue weighted by molar-refractivity contribution is 0.560. The molecule has 102 valence electrons. The standard InChI is InChI=1S/C16H22N2S/c1-4-14-7-8-16(19-14)15(18-17)10-13-6-5-11(2)12(3)9-13/h5-9,15,18H,4,10,17H2,1-3H3. The fourth-order valence-corrected chi connectivity index (χ4v) is 3.19. The van der Waals surface area contributed by atoms with Crippen molar-refractivity contribution in [2.24, 2.45) is 5.84 Å². The normalized spacial score (nSPS) is 12.6. The van der Waals surface area contributed by atoms with Crippen molar-refractivity contribution in [3.63, 3.8) is 0 Å². The average molecular weight is 274 g/mol. The number of hydrogen-bond acceptors (Lipinski definition) is 3. The van der Waals surface area contributed by atoms with E-state index in [9.17, 15) is 0 Å². The molecule has 0 aliphatic carbocycles. The van der Waals surface area contributed by atoms with E-state index in [1.54, 1.807) is 0 Å². The number of rotatable bonds is 5. The van der Waals surface area contributed by atoms with Crippen LogP contribution < -0.4 is 11.3 Å². The van der Waals surface area contributed by atoms with Crippen molar-refractivity contribution >= 4 is 11.3 Å². The number of aryl methyl sites for hydroxylation is 3. The second-order valence-electron chi connectivity index (χ2n) is 5.00. The zero-order valence-electron chi connectivity index (χ0n) is 11.9. The van der Waals surface area contributed by atoms with Crippen LogP contribution in [-0.4, -0.2) is 0 Å². The zero-order valence-corrected chi connectivity index (χ0v) is 12.7. The van der Waals surface area contributed by atoms with Crippen LogP contribution in [0.5, 0.6) is 0 Å². The first kappa shape index (κ1) is 14.3. The van der Waals surface area contributed by atoms with Gasteiger partial charge in [-0.05, 0) is 55.5 Å². The third-order valence-corrected chi connectivity index (χ3v) is 4.93. The smallest absolute Gasteiger partial charge is 0.0593 e. The molecule has 0 bridgehead atoms. The molecule has 0 aliphatic rings. The maximum Gasteiger partial charge on any atom is 0.0593 e. The highest BCUT2D eigenvalue weighted by molar-refractivity contribution is 7.12. The summed E-state index contributed by atoms with van der Waals surface area (Å²) in [5.41, 5.74) is 6.96. The Bertz CT molecular complexity index is 545. The van der Waals surface area contributed by atoms with E-state index in [1.807, 2.05) is 11.3 Å². The third kappa shape index (κ3) is 3.44. The Labute approximate surface area is 119 Å². The van der Waals surface area contributed by atoms with Gasteiger partial charge in [0.2, 0.25) is 0 Å². The van der Waals surface area contributed by atoms with Gasteiger partial charge in [0.1, 0.15) is 0 Å². The minimum absolute atomic E-state index is 0.201. The van der Waals surface area contributed by atoms with Crippen LogP contribution in [0.4, 0.5) is 0 Å². The molecule has 1 atom stereocenters. The molecule has 2 rings (SSSR count). The van der Waals surface area contributed by atoms with Gasteiger partial charge in [-0.25, -0.2) is 0 Å². The van der Waals surface area contributed by atoms with Crippen LogP contribution in [0.2, 0.25) is 0 Å². The van der Waals surface area contributed by atoms with E-state index in [-0.39, 0.29) is 6.04 Å². The maximum atomic E-state index is 5.73. The predicted molar refractivity (Wildman–Crippen MR) is 83.4 cm³/mol. The molecular formula is C16H22N2S. The molecule has 1 heterocycles. The molecule has 3 N–H and O–H groups in total. The third-order valence-electron chi connectivity index (χ3n) is 3.59. The molecule has 1 aromatic heterocycles. The highest BCUT2D eigenvalue weighted by Gasteiger charge is 2.13. The van der Waals surface area contributed by atoms with Crippen LogP contribution in [0.3, 0.4) is 0 Å². The molecule has 0 spiro atoms. The van der Waals surface area contributed by atoms with Crippen molar-refractivity contribution in [2.75, 3.05) is 0 Å². The molecule has 0 saturated carbocycles. The fourth-order valence-electron chi connectivity index (χ4n) is 2.18. The predicted octanol–water partition coefficient (Wildman–Crippen LogP) is 3.67. The van der Waals surface area contributed by atoms with E-state index in [0.29, 0.717) is 0 Å². The molecular weight excluding hydrogens is 252 g/mol. The topological polar surface area (TPSA) is 38.0 Å². The van der Waals surface area contributed by atoms with E-state index < -0.39 is 0 Å². The second kappa shape index (κ2) is 6.33. The van der Waals surface area contributed by atoms with Gasteiger partial charge < -0.3 is 0 Å². The van der Waals surface area contributed by atoms with Crippen molar-refractivity contribution in [3.05, 3.63) is 56.8 Å². The summed E-state index contributed by atoms with van der Waals surface area (Å²) < 4.78 is 0. The summed E-state index contributed by atoms with van der Waals surface area (Å²) in [6, 6.07) is 11.2. The van der Waals surface area contributed by atoms with Gasteiger partial charge in [-0.15, -0.1) is 11.3 Å². The van der Waals surface area contributed by atoms with Crippen LogP contribution in [0.25, 0.3) is 0 Å². The van der Waals surface area contributed by atoms with Crippen LogP contribution in [-0.2, 0) is 12.8 Å². The average Bonchev–Trinajstić information content (AvgIpc) is 2.88. The lowest BCUT2D eigenvalue weighted by Gasteiger charge is -2.15. The highest BCUT2D eigenvalue weighted by atomic mass is 32.1. The number of thiophene rings is 1. The van der Waals surface area contributed by atoms with Crippen LogP contribution >= 0.6 is 11.3 Å². The van der Waals surface area contributed by atoms with Gasteiger partial charge in [0.25, 0.3) is 0 Å². The van der Waals surface area contributed by atoms with Gasteiger partial charge in [0.05, 0.1) is 6.04 Å². The summed E-state index contributed by atoms with van der Waals surface area (Å²) in [5.74, 6) is 5.73. The Balaban J connectivity index is 2.16.